The van der Waals surface area contributed by atoms with Gasteiger partial charge in [0, 0.05) is 42.8 Å². The van der Waals surface area contributed by atoms with E-state index in [1.54, 1.807) is 0 Å². The minimum Gasteiger partial charge on any atom is -0.501 e. The molecule has 0 atom stereocenters. The summed E-state index contributed by atoms with van der Waals surface area (Å²) in [5.41, 5.74) is 13.5. The fraction of sp³-hybridized carbons (Fsp3) is 0.170. The average Bonchev–Trinajstić information content (AvgIpc) is 3.74. The molecule has 5 aromatic carbocycles. The summed E-state index contributed by atoms with van der Waals surface area (Å²) in [6.45, 7) is 13.1. The van der Waals surface area contributed by atoms with Crippen molar-refractivity contribution in [2.45, 2.75) is 53.4 Å². The zero-order valence-corrected chi connectivity index (χ0v) is 33.1. The summed E-state index contributed by atoms with van der Waals surface area (Å²) in [5, 5.41) is 3.20. The number of para-hydroxylation sites is 3. The van der Waals surface area contributed by atoms with Crippen LogP contribution in [0.5, 0.6) is 0 Å². The van der Waals surface area contributed by atoms with Gasteiger partial charge in [0.1, 0.15) is 5.58 Å². The van der Waals surface area contributed by atoms with Crippen LogP contribution < -0.4 is 0 Å². The second kappa shape index (κ2) is 14.9. The van der Waals surface area contributed by atoms with Crippen LogP contribution >= 0.6 is 0 Å². The van der Waals surface area contributed by atoms with Gasteiger partial charge in [-0.1, -0.05) is 112 Å². The fourth-order valence-electron chi connectivity index (χ4n) is 6.98. The first-order chi connectivity index (χ1) is 25.3. The molecular formula is C47H40IrN4O-2. The fourth-order valence-corrected chi connectivity index (χ4v) is 6.98. The van der Waals surface area contributed by atoms with Crippen molar-refractivity contribution < 1.29 is 24.5 Å². The monoisotopic (exact) mass is 869 g/mol. The molecule has 9 rings (SSSR count). The van der Waals surface area contributed by atoms with Crippen molar-refractivity contribution in [3.05, 3.63) is 156 Å². The standard InChI is InChI=1S/C34H28N3O.C13H12N.Ir/c1-20(2)22-13-9-14-23(21(3)4)32(22)37-29-19-35-28-17-7-5-12-26(28)31(29)36-34(37)27-16-10-15-25-24-11-6-8-18-30(24)38-33(25)27;1-10-3-6-12(7-4-10)13-8-5-11(2)9-14-13;/h5-15,17-21H,1-4H3;3-6,8-9H,1-2H3;/q2*-1;. The summed E-state index contributed by atoms with van der Waals surface area (Å²) in [7, 11) is 0. The van der Waals surface area contributed by atoms with Gasteiger partial charge >= 0.3 is 0 Å². The molecule has 53 heavy (non-hydrogen) atoms. The summed E-state index contributed by atoms with van der Waals surface area (Å²) in [6.07, 6.45) is 3.84. The molecule has 0 unspecified atom stereocenters. The van der Waals surface area contributed by atoms with E-state index in [0.29, 0.717) is 11.8 Å². The van der Waals surface area contributed by atoms with Crippen LogP contribution in [0.15, 0.2) is 126 Å². The number of hydrogen-bond acceptors (Lipinski definition) is 4. The number of benzene rings is 5. The largest absolute Gasteiger partial charge is 0.501 e. The van der Waals surface area contributed by atoms with E-state index < -0.39 is 0 Å². The Morgan fingerprint density at radius 1 is 0.660 bits per heavy atom. The van der Waals surface area contributed by atoms with Gasteiger partial charge in [0.15, 0.2) is 0 Å². The van der Waals surface area contributed by atoms with E-state index in [1.165, 1.54) is 27.9 Å². The minimum atomic E-state index is 0. The Kier molecular flexibility index (Phi) is 10.1. The van der Waals surface area contributed by atoms with Gasteiger partial charge in [0.05, 0.1) is 34.2 Å². The maximum atomic E-state index is 6.47. The quantitative estimate of drug-likeness (QED) is 0.162. The summed E-state index contributed by atoms with van der Waals surface area (Å²) < 4.78 is 8.77. The Balaban J connectivity index is 0.000000245. The number of aromatic nitrogens is 4. The number of hydrogen-bond donors (Lipinski definition) is 0. The Hall–Kier alpha value is -5.42. The average molecular weight is 869 g/mol. The van der Waals surface area contributed by atoms with Gasteiger partial charge in [-0.05, 0) is 53.3 Å². The summed E-state index contributed by atoms with van der Waals surface area (Å²) in [4.78, 5) is 14.5. The van der Waals surface area contributed by atoms with E-state index in [4.69, 9.17) is 14.4 Å². The van der Waals surface area contributed by atoms with Crippen molar-refractivity contribution in [2.75, 3.05) is 0 Å². The molecule has 4 aromatic heterocycles. The Morgan fingerprint density at radius 3 is 2.08 bits per heavy atom. The van der Waals surface area contributed by atoms with Gasteiger partial charge in [-0.25, -0.2) is 0 Å². The van der Waals surface area contributed by atoms with Crippen LogP contribution in [0.2, 0.25) is 0 Å². The summed E-state index contributed by atoms with van der Waals surface area (Å²) in [6, 6.07) is 44.0. The van der Waals surface area contributed by atoms with Crippen LogP contribution in [-0.4, -0.2) is 19.5 Å². The van der Waals surface area contributed by atoms with Gasteiger partial charge in [-0.2, -0.15) is 0 Å². The molecule has 4 heterocycles. The van der Waals surface area contributed by atoms with Crippen LogP contribution in [0, 0.1) is 26.0 Å². The number of pyridine rings is 2. The molecule has 0 saturated carbocycles. The van der Waals surface area contributed by atoms with Gasteiger partial charge in [0.2, 0.25) is 0 Å². The molecule has 0 amide bonds. The number of rotatable bonds is 5. The topological polar surface area (TPSA) is 56.7 Å². The molecule has 0 fully saturated rings. The van der Waals surface area contributed by atoms with Gasteiger partial charge < -0.3 is 14.0 Å². The van der Waals surface area contributed by atoms with Gasteiger partial charge in [0.25, 0.3) is 0 Å². The van der Waals surface area contributed by atoms with Crippen molar-refractivity contribution in [2.24, 2.45) is 0 Å². The van der Waals surface area contributed by atoms with Gasteiger partial charge in [-0.3, -0.25) is 9.97 Å². The third-order valence-corrected chi connectivity index (χ3v) is 9.68. The third kappa shape index (κ3) is 6.70. The van der Waals surface area contributed by atoms with Crippen LogP contribution in [0.25, 0.3) is 72.2 Å². The number of fused-ring (bicyclic) bond motifs is 6. The smallest absolute Gasteiger partial charge is 0.120 e. The van der Waals surface area contributed by atoms with Crippen molar-refractivity contribution in [1.29, 1.82) is 0 Å². The van der Waals surface area contributed by atoms with E-state index in [-0.39, 0.29) is 20.1 Å². The first-order valence-electron chi connectivity index (χ1n) is 17.9. The maximum Gasteiger partial charge on any atom is 0.120 e. The van der Waals surface area contributed by atoms with Crippen LogP contribution in [-0.2, 0) is 20.1 Å². The normalized spacial score (nSPS) is 11.4. The van der Waals surface area contributed by atoms with Crippen LogP contribution in [0.4, 0.5) is 0 Å². The summed E-state index contributed by atoms with van der Waals surface area (Å²) in [5.74, 6) is 1.47. The number of nitrogens with zero attached hydrogens (tertiary/aromatic N) is 4. The maximum absolute atomic E-state index is 6.47. The van der Waals surface area contributed by atoms with Crippen LogP contribution in [0.3, 0.4) is 0 Å². The van der Waals surface area contributed by atoms with E-state index >= 15 is 0 Å². The SMILES string of the molecule is CC(C)c1cccc(C(C)C)c1-n1c(-c2[c-]ccc3c2oc2ccccc23)nc2c3ccccc3ncc21.Cc1c[c-]c(-c2ccc(C)cn2)cc1.[Ir]. The Morgan fingerprint density at radius 2 is 1.38 bits per heavy atom. The molecule has 0 saturated heterocycles. The molecule has 0 aliphatic rings. The van der Waals surface area contributed by atoms with Crippen molar-refractivity contribution in [3.8, 4) is 28.3 Å². The minimum absolute atomic E-state index is 0. The number of aryl methyl sites for hydroxylation is 2. The Labute approximate surface area is 324 Å². The molecule has 0 spiro atoms. The predicted octanol–water partition coefficient (Wildman–Crippen LogP) is 12.4. The predicted molar refractivity (Wildman–Crippen MR) is 214 cm³/mol. The molecule has 0 bridgehead atoms. The molecule has 9 aromatic rings. The van der Waals surface area contributed by atoms with Crippen molar-refractivity contribution >= 4 is 43.9 Å². The van der Waals surface area contributed by atoms with Crippen molar-refractivity contribution in [1.82, 2.24) is 19.5 Å². The van der Waals surface area contributed by atoms with Gasteiger partial charge in [-0.15, -0.1) is 53.6 Å². The molecule has 1 radical (unpaired) electrons. The zero-order chi connectivity index (χ0) is 35.9. The molecule has 265 valence electrons. The zero-order valence-electron chi connectivity index (χ0n) is 30.7. The first kappa shape index (κ1) is 36.0. The molecule has 0 N–H and O–H groups in total. The number of furan rings is 1. The first-order valence-corrected chi connectivity index (χ1v) is 17.9. The third-order valence-electron chi connectivity index (χ3n) is 9.68. The molecule has 6 heteroatoms. The second-order valence-electron chi connectivity index (χ2n) is 14.1. The summed E-state index contributed by atoms with van der Waals surface area (Å²) >= 11 is 0. The van der Waals surface area contributed by atoms with E-state index in [0.717, 1.165) is 66.5 Å². The van der Waals surface area contributed by atoms with E-state index in [2.05, 4.69) is 117 Å². The number of imidazole rings is 1. The Bertz CT molecular complexity index is 2630. The van der Waals surface area contributed by atoms with Crippen LogP contribution in [0.1, 0.15) is 61.8 Å². The molecule has 5 nitrogen and oxygen atoms in total. The van der Waals surface area contributed by atoms with Crippen molar-refractivity contribution in [3.63, 3.8) is 0 Å². The van der Waals surface area contributed by atoms with E-state index in [9.17, 15) is 0 Å². The molecule has 0 aliphatic heterocycles. The molecular weight excluding hydrogens is 829 g/mol. The second-order valence-corrected chi connectivity index (χ2v) is 14.1. The van der Waals surface area contributed by atoms with E-state index in [1.807, 2.05) is 67.8 Å². The molecule has 0 aliphatic carbocycles.